The third-order valence-electron chi connectivity index (χ3n) is 2.83. The molecule has 0 aromatic carbocycles. The van der Waals surface area contributed by atoms with E-state index in [4.69, 9.17) is 5.11 Å². The van der Waals surface area contributed by atoms with Crippen LogP contribution >= 0.6 is 0 Å². The van der Waals surface area contributed by atoms with Gasteiger partial charge in [0.15, 0.2) is 0 Å². The molecule has 84 valence electrons. The molecule has 0 aliphatic carbocycles. The Kier molecular flexibility index (Phi) is 7.54. The van der Waals surface area contributed by atoms with Gasteiger partial charge in [-0.3, -0.25) is 4.79 Å². The Labute approximate surface area is 87.7 Å². The number of hydrogen-bond donors (Lipinski definition) is 1. The highest BCUT2D eigenvalue weighted by Gasteiger charge is 2.17. The number of carboxylic acids is 1. The predicted molar refractivity (Wildman–Crippen MR) is 59.3 cm³/mol. The largest absolute Gasteiger partial charge is 0.481 e. The first-order valence-electron chi connectivity index (χ1n) is 5.84. The summed E-state index contributed by atoms with van der Waals surface area (Å²) in [6.07, 6.45) is 6.53. The lowest BCUT2D eigenvalue weighted by molar-refractivity contribution is -0.142. The molecular weight excluding hydrogens is 176 g/mol. The average molecular weight is 200 g/mol. The minimum atomic E-state index is -0.630. The molecule has 0 unspecified atom stereocenters. The van der Waals surface area contributed by atoms with Gasteiger partial charge >= 0.3 is 5.97 Å². The molecule has 0 radical (unpaired) electrons. The van der Waals surface area contributed by atoms with Crippen molar-refractivity contribution in [2.24, 2.45) is 11.8 Å². The maximum Gasteiger partial charge on any atom is 0.306 e. The van der Waals surface area contributed by atoms with E-state index in [0.29, 0.717) is 5.92 Å². The second-order valence-corrected chi connectivity index (χ2v) is 4.28. The smallest absolute Gasteiger partial charge is 0.306 e. The third-order valence-corrected chi connectivity index (χ3v) is 2.83. The summed E-state index contributed by atoms with van der Waals surface area (Å²) in [4.78, 5) is 10.8. The number of hydrogen-bond acceptors (Lipinski definition) is 1. The predicted octanol–water partition coefficient (Wildman–Crippen LogP) is 3.70. The van der Waals surface area contributed by atoms with E-state index in [9.17, 15) is 4.79 Å². The highest BCUT2D eigenvalue weighted by Crippen LogP contribution is 2.20. The molecule has 0 aromatic rings. The van der Waals surface area contributed by atoms with Gasteiger partial charge in [0.25, 0.3) is 0 Å². The fourth-order valence-corrected chi connectivity index (χ4v) is 1.79. The zero-order valence-corrected chi connectivity index (χ0v) is 9.75. The van der Waals surface area contributed by atoms with Crippen molar-refractivity contribution < 1.29 is 9.90 Å². The van der Waals surface area contributed by atoms with Crippen LogP contribution < -0.4 is 0 Å². The topological polar surface area (TPSA) is 37.3 Å². The lowest BCUT2D eigenvalue weighted by Crippen LogP contribution is -2.15. The van der Waals surface area contributed by atoms with Crippen LogP contribution in [0.15, 0.2) is 0 Å². The lowest BCUT2D eigenvalue weighted by Gasteiger charge is -2.15. The summed E-state index contributed by atoms with van der Waals surface area (Å²) in [5, 5.41) is 8.89. The monoisotopic (exact) mass is 200 g/mol. The standard InChI is InChI=1S/C12H24O2/c1-4-6-7-8-10(3)9-11(5-2)12(13)14/h10-11H,4-9H2,1-3H3,(H,13,14)/t10-,11-/m1/s1. The van der Waals surface area contributed by atoms with E-state index < -0.39 is 5.97 Å². The average Bonchev–Trinajstić information content (AvgIpc) is 2.14. The fraction of sp³-hybridized carbons (Fsp3) is 0.917. The van der Waals surface area contributed by atoms with Gasteiger partial charge in [-0.25, -0.2) is 0 Å². The van der Waals surface area contributed by atoms with Crippen LogP contribution in [0.1, 0.15) is 59.3 Å². The molecule has 0 saturated carbocycles. The number of unbranched alkanes of at least 4 members (excludes halogenated alkanes) is 2. The normalized spacial score (nSPS) is 15.1. The summed E-state index contributed by atoms with van der Waals surface area (Å²) < 4.78 is 0. The molecular formula is C12H24O2. The van der Waals surface area contributed by atoms with Gasteiger partial charge in [-0.05, 0) is 18.8 Å². The van der Waals surface area contributed by atoms with Gasteiger partial charge in [0, 0.05) is 0 Å². The molecule has 0 amide bonds. The molecule has 0 bridgehead atoms. The van der Waals surface area contributed by atoms with E-state index in [1.54, 1.807) is 0 Å². The van der Waals surface area contributed by atoms with Crippen LogP contribution in [0.4, 0.5) is 0 Å². The number of carboxylic acid groups (broad SMARTS) is 1. The van der Waals surface area contributed by atoms with E-state index in [1.807, 2.05) is 6.92 Å². The van der Waals surface area contributed by atoms with Gasteiger partial charge in [-0.2, -0.15) is 0 Å². The zero-order valence-electron chi connectivity index (χ0n) is 9.75. The first-order valence-corrected chi connectivity index (χ1v) is 5.84. The summed E-state index contributed by atoms with van der Waals surface area (Å²) in [7, 11) is 0. The number of carbonyl (C=O) groups is 1. The lowest BCUT2D eigenvalue weighted by atomic mass is 9.90. The Morgan fingerprint density at radius 1 is 1.29 bits per heavy atom. The highest BCUT2D eigenvalue weighted by molar-refractivity contribution is 5.69. The zero-order chi connectivity index (χ0) is 11.0. The summed E-state index contributed by atoms with van der Waals surface area (Å²) >= 11 is 0. The van der Waals surface area contributed by atoms with E-state index in [1.165, 1.54) is 25.7 Å². The first-order chi connectivity index (χ1) is 6.61. The Morgan fingerprint density at radius 2 is 1.93 bits per heavy atom. The van der Waals surface area contributed by atoms with Crippen LogP contribution in [-0.4, -0.2) is 11.1 Å². The molecule has 0 fully saturated rings. The molecule has 1 N–H and O–H groups in total. The molecule has 0 aliphatic heterocycles. The van der Waals surface area contributed by atoms with Crippen LogP contribution in [0.5, 0.6) is 0 Å². The molecule has 2 atom stereocenters. The SMILES string of the molecule is CCCCC[C@@H](C)C[C@@H](CC)C(=O)O. The fourth-order valence-electron chi connectivity index (χ4n) is 1.79. The van der Waals surface area contributed by atoms with Crippen molar-refractivity contribution in [2.45, 2.75) is 59.3 Å². The molecule has 14 heavy (non-hydrogen) atoms. The molecule has 0 saturated heterocycles. The quantitative estimate of drug-likeness (QED) is 0.606. The van der Waals surface area contributed by atoms with Crippen LogP contribution in [0.2, 0.25) is 0 Å². The maximum absolute atomic E-state index is 10.8. The highest BCUT2D eigenvalue weighted by atomic mass is 16.4. The Morgan fingerprint density at radius 3 is 2.36 bits per heavy atom. The van der Waals surface area contributed by atoms with Crippen LogP contribution in [0.3, 0.4) is 0 Å². The number of rotatable bonds is 8. The second kappa shape index (κ2) is 7.84. The van der Waals surface area contributed by atoms with E-state index >= 15 is 0 Å². The molecule has 2 nitrogen and oxygen atoms in total. The minimum Gasteiger partial charge on any atom is -0.481 e. The minimum absolute atomic E-state index is 0.133. The molecule has 2 heteroatoms. The van der Waals surface area contributed by atoms with Crippen molar-refractivity contribution in [3.8, 4) is 0 Å². The van der Waals surface area contributed by atoms with Crippen molar-refractivity contribution in [3.05, 3.63) is 0 Å². The van der Waals surface area contributed by atoms with E-state index in [0.717, 1.165) is 12.8 Å². The van der Waals surface area contributed by atoms with Crippen molar-refractivity contribution in [1.29, 1.82) is 0 Å². The molecule has 0 rings (SSSR count). The van der Waals surface area contributed by atoms with Gasteiger partial charge < -0.3 is 5.11 Å². The summed E-state index contributed by atoms with van der Waals surface area (Å²) in [6, 6.07) is 0. The first kappa shape index (κ1) is 13.5. The molecule has 0 aliphatic rings. The van der Waals surface area contributed by atoms with Crippen molar-refractivity contribution >= 4 is 5.97 Å². The maximum atomic E-state index is 10.8. The Bertz CT molecular complexity index is 154. The van der Waals surface area contributed by atoms with Crippen molar-refractivity contribution in [1.82, 2.24) is 0 Å². The summed E-state index contributed by atoms with van der Waals surface area (Å²) in [5.41, 5.74) is 0. The molecule has 0 heterocycles. The van der Waals surface area contributed by atoms with Crippen molar-refractivity contribution in [3.63, 3.8) is 0 Å². The third kappa shape index (κ3) is 6.01. The van der Waals surface area contributed by atoms with Gasteiger partial charge in [0.05, 0.1) is 5.92 Å². The van der Waals surface area contributed by atoms with E-state index in [-0.39, 0.29) is 5.92 Å². The van der Waals surface area contributed by atoms with Crippen LogP contribution in [-0.2, 0) is 4.79 Å². The Balaban J connectivity index is 3.67. The van der Waals surface area contributed by atoms with Crippen LogP contribution in [0.25, 0.3) is 0 Å². The second-order valence-electron chi connectivity index (χ2n) is 4.28. The number of aliphatic carboxylic acids is 1. The molecule has 0 spiro atoms. The van der Waals surface area contributed by atoms with Gasteiger partial charge in [0.2, 0.25) is 0 Å². The van der Waals surface area contributed by atoms with Gasteiger partial charge in [0.1, 0.15) is 0 Å². The summed E-state index contributed by atoms with van der Waals surface area (Å²) in [6.45, 7) is 6.32. The van der Waals surface area contributed by atoms with Crippen molar-refractivity contribution in [2.75, 3.05) is 0 Å². The summed E-state index contributed by atoms with van der Waals surface area (Å²) in [5.74, 6) is -0.205. The van der Waals surface area contributed by atoms with Gasteiger partial charge in [-0.15, -0.1) is 0 Å². The Hall–Kier alpha value is -0.530. The van der Waals surface area contributed by atoms with Gasteiger partial charge in [-0.1, -0.05) is 46.5 Å². The molecule has 0 aromatic heterocycles. The van der Waals surface area contributed by atoms with E-state index in [2.05, 4.69) is 13.8 Å². The van der Waals surface area contributed by atoms with Crippen LogP contribution in [0, 0.1) is 11.8 Å².